The molecule has 0 bridgehead atoms. The van der Waals surface area contributed by atoms with Gasteiger partial charge in [0.05, 0.1) is 5.56 Å². The average molecular weight is 732 g/mol. The first-order valence-corrected chi connectivity index (χ1v) is 18.9. The Balaban J connectivity index is 0.949. The highest BCUT2D eigenvalue weighted by molar-refractivity contribution is 6.15. The molecule has 0 amide bonds. The van der Waals surface area contributed by atoms with Gasteiger partial charge in [-0.3, -0.25) is 0 Å². The molecular formula is C51H29N3O3. The largest absolute Gasteiger partial charge is 0.456 e. The Kier molecular flexibility index (Phi) is 6.83. The number of rotatable bonds is 5. The average Bonchev–Trinajstić information content (AvgIpc) is 3.96. The number of aromatic nitrogens is 3. The molecule has 0 radical (unpaired) electrons. The highest BCUT2D eigenvalue weighted by Crippen LogP contribution is 2.39. The van der Waals surface area contributed by atoms with Crippen molar-refractivity contribution in [2.45, 2.75) is 0 Å². The Hall–Kier alpha value is -7.83. The minimum Gasteiger partial charge on any atom is -0.456 e. The second kappa shape index (κ2) is 12.3. The zero-order chi connectivity index (χ0) is 37.5. The lowest BCUT2D eigenvalue weighted by Crippen LogP contribution is -2.00. The molecule has 0 aliphatic rings. The Morgan fingerprint density at radius 2 is 0.737 bits per heavy atom. The SMILES string of the molecule is c1ccc(-c2nc(-c3cccc(-c4cccc(-c5ccc6oc7cc8c(cc7c6c5)oc5ccccc58)c4)c3)nc(-c3cccc4c3oc3ccccc34)n2)cc1. The molecule has 6 heteroatoms. The highest BCUT2D eigenvalue weighted by Gasteiger charge is 2.19. The topological polar surface area (TPSA) is 78.1 Å². The van der Waals surface area contributed by atoms with Crippen LogP contribution in [-0.2, 0) is 0 Å². The van der Waals surface area contributed by atoms with Crippen molar-refractivity contribution in [1.29, 1.82) is 0 Å². The van der Waals surface area contributed by atoms with Crippen molar-refractivity contribution in [3.8, 4) is 56.4 Å². The first-order chi connectivity index (χ1) is 28.2. The van der Waals surface area contributed by atoms with Crippen LogP contribution in [-0.4, -0.2) is 15.0 Å². The Morgan fingerprint density at radius 1 is 0.263 bits per heavy atom. The molecule has 0 unspecified atom stereocenters. The van der Waals surface area contributed by atoms with E-state index in [1.807, 2.05) is 78.9 Å². The van der Waals surface area contributed by atoms with Crippen molar-refractivity contribution >= 4 is 65.8 Å². The van der Waals surface area contributed by atoms with Crippen LogP contribution < -0.4 is 0 Å². The van der Waals surface area contributed by atoms with Crippen LogP contribution in [0, 0.1) is 0 Å². The third-order valence-corrected chi connectivity index (χ3v) is 10.9. The molecule has 0 aliphatic carbocycles. The Morgan fingerprint density at radius 3 is 1.47 bits per heavy atom. The fraction of sp³-hybridized carbons (Fsp3) is 0. The van der Waals surface area contributed by atoms with Crippen molar-refractivity contribution in [3.05, 3.63) is 176 Å². The molecule has 0 saturated heterocycles. The van der Waals surface area contributed by atoms with E-state index in [0.717, 1.165) is 105 Å². The molecule has 0 N–H and O–H groups in total. The minimum atomic E-state index is 0.555. The zero-order valence-corrected chi connectivity index (χ0v) is 30.3. The van der Waals surface area contributed by atoms with Gasteiger partial charge >= 0.3 is 0 Å². The van der Waals surface area contributed by atoms with Crippen LogP contribution in [0.1, 0.15) is 0 Å². The summed E-state index contributed by atoms with van der Waals surface area (Å²) < 4.78 is 19.0. The predicted molar refractivity (Wildman–Crippen MR) is 229 cm³/mol. The summed E-state index contributed by atoms with van der Waals surface area (Å²) in [5, 5.41) is 6.31. The monoisotopic (exact) mass is 731 g/mol. The van der Waals surface area contributed by atoms with Gasteiger partial charge in [0.1, 0.15) is 33.5 Å². The number of nitrogens with zero attached hydrogens (tertiary/aromatic N) is 3. The first kappa shape index (κ1) is 31.5. The van der Waals surface area contributed by atoms with E-state index in [1.54, 1.807) is 0 Å². The lowest BCUT2D eigenvalue weighted by molar-refractivity contribution is 0.664. The van der Waals surface area contributed by atoms with Crippen LogP contribution in [0.5, 0.6) is 0 Å². The summed E-state index contributed by atoms with van der Waals surface area (Å²) in [6.07, 6.45) is 0. The minimum absolute atomic E-state index is 0.555. The van der Waals surface area contributed by atoms with Gasteiger partial charge in [-0.25, -0.2) is 15.0 Å². The van der Waals surface area contributed by atoms with Crippen LogP contribution in [0.15, 0.2) is 189 Å². The van der Waals surface area contributed by atoms with Crippen molar-refractivity contribution in [2.24, 2.45) is 0 Å². The van der Waals surface area contributed by atoms with Gasteiger partial charge in [0, 0.05) is 43.4 Å². The Bertz CT molecular complexity index is 3540. The van der Waals surface area contributed by atoms with Gasteiger partial charge < -0.3 is 13.3 Å². The number of hydrogen-bond acceptors (Lipinski definition) is 6. The maximum Gasteiger partial charge on any atom is 0.167 e. The molecule has 0 fully saturated rings. The number of para-hydroxylation sites is 3. The van der Waals surface area contributed by atoms with Crippen LogP contribution >= 0.6 is 0 Å². The van der Waals surface area contributed by atoms with Crippen molar-refractivity contribution in [3.63, 3.8) is 0 Å². The molecule has 0 atom stereocenters. The third kappa shape index (κ3) is 5.15. The van der Waals surface area contributed by atoms with E-state index in [2.05, 4.69) is 97.1 Å². The van der Waals surface area contributed by atoms with Gasteiger partial charge in [-0.05, 0) is 76.9 Å². The van der Waals surface area contributed by atoms with Crippen LogP contribution in [0.25, 0.3) is 122 Å². The van der Waals surface area contributed by atoms with E-state index in [4.69, 9.17) is 28.2 Å². The molecule has 0 aliphatic heterocycles. The van der Waals surface area contributed by atoms with E-state index in [1.165, 1.54) is 0 Å². The fourth-order valence-corrected chi connectivity index (χ4v) is 8.16. The highest BCUT2D eigenvalue weighted by atomic mass is 16.3. The molecule has 57 heavy (non-hydrogen) atoms. The quantitative estimate of drug-likeness (QED) is 0.175. The second-order valence-electron chi connectivity index (χ2n) is 14.4. The van der Waals surface area contributed by atoms with Gasteiger partial charge in [0.15, 0.2) is 17.5 Å². The van der Waals surface area contributed by atoms with Gasteiger partial charge in [-0.1, -0.05) is 121 Å². The lowest BCUT2D eigenvalue weighted by Gasteiger charge is -2.10. The second-order valence-corrected chi connectivity index (χ2v) is 14.4. The molecule has 0 spiro atoms. The van der Waals surface area contributed by atoms with Crippen LogP contribution in [0.2, 0.25) is 0 Å². The summed E-state index contributed by atoms with van der Waals surface area (Å²) >= 11 is 0. The predicted octanol–water partition coefficient (Wildman–Crippen LogP) is 13.9. The van der Waals surface area contributed by atoms with Crippen molar-refractivity contribution in [1.82, 2.24) is 15.0 Å². The summed E-state index contributed by atoms with van der Waals surface area (Å²) in [5.41, 5.74) is 12.0. The molecule has 8 aromatic carbocycles. The summed E-state index contributed by atoms with van der Waals surface area (Å²) in [6, 6.07) is 60.0. The zero-order valence-electron chi connectivity index (χ0n) is 30.3. The lowest BCUT2D eigenvalue weighted by atomic mass is 9.97. The molecule has 12 rings (SSSR count). The molecular weight excluding hydrogens is 703 g/mol. The van der Waals surface area contributed by atoms with E-state index in [9.17, 15) is 0 Å². The number of fused-ring (bicyclic) bond motifs is 9. The van der Waals surface area contributed by atoms with Crippen molar-refractivity contribution < 1.29 is 13.3 Å². The molecule has 12 aromatic rings. The first-order valence-electron chi connectivity index (χ1n) is 18.9. The van der Waals surface area contributed by atoms with Crippen LogP contribution in [0.4, 0.5) is 0 Å². The van der Waals surface area contributed by atoms with Gasteiger partial charge in [0.25, 0.3) is 0 Å². The molecule has 4 aromatic heterocycles. The van der Waals surface area contributed by atoms with E-state index >= 15 is 0 Å². The van der Waals surface area contributed by atoms with Crippen molar-refractivity contribution in [2.75, 3.05) is 0 Å². The standard InChI is InChI=1S/C51H29N3O3/c1-2-11-30(12-3-1)49-52-50(54-51(53-49)39-20-10-19-38-36-17-4-7-22-44(36)57-48(38)39)35-16-9-15-33(26-35)31-13-8-14-32(25-31)34-23-24-45-40(27-34)42-29-46-41(28-47(42)56-45)37-18-5-6-21-43(37)55-46/h1-29H. The normalized spacial score (nSPS) is 11.9. The third-order valence-electron chi connectivity index (χ3n) is 10.9. The maximum absolute atomic E-state index is 6.41. The van der Waals surface area contributed by atoms with Gasteiger partial charge in [0.2, 0.25) is 0 Å². The molecule has 4 heterocycles. The smallest absolute Gasteiger partial charge is 0.167 e. The Labute approximate surface area is 325 Å². The van der Waals surface area contributed by atoms with E-state index < -0.39 is 0 Å². The molecule has 0 saturated carbocycles. The maximum atomic E-state index is 6.41. The fourth-order valence-electron chi connectivity index (χ4n) is 8.16. The number of hydrogen-bond donors (Lipinski definition) is 0. The van der Waals surface area contributed by atoms with Gasteiger partial charge in [-0.2, -0.15) is 0 Å². The van der Waals surface area contributed by atoms with E-state index in [0.29, 0.717) is 17.5 Å². The summed E-state index contributed by atoms with van der Waals surface area (Å²) in [5.74, 6) is 1.74. The van der Waals surface area contributed by atoms with Crippen LogP contribution in [0.3, 0.4) is 0 Å². The summed E-state index contributed by atoms with van der Waals surface area (Å²) in [7, 11) is 0. The summed E-state index contributed by atoms with van der Waals surface area (Å²) in [4.78, 5) is 15.1. The van der Waals surface area contributed by atoms with Gasteiger partial charge in [-0.15, -0.1) is 0 Å². The number of benzene rings is 8. The number of furan rings is 3. The molecule has 266 valence electrons. The summed E-state index contributed by atoms with van der Waals surface area (Å²) in [6.45, 7) is 0. The molecule has 6 nitrogen and oxygen atoms in total. The van der Waals surface area contributed by atoms with E-state index in [-0.39, 0.29) is 0 Å².